The fourth-order valence-electron chi connectivity index (χ4n) is 0.640. The summed E-state index contributed by atoms with van der Waals surface area (Å²) in [6, 6.07) is 3.95. The summed E-state index contributed by atoms with van der Waals surface area (Å²) in [5.41, 5.74) is 0. The molecule has 0 N–H and O–H groups in total. The van der Waals surface area contributed by atoms with Gasteiger partial charge in [-0.25, -0.2) is 0 Å². The maximum Gasteiger partial charge on any atom is 0.0362 e. The van der Waals surface area contributed by atoms with Crippen molar-refractivity contribution in [3.05, 3.63) is 21.9 Å². The van der Waals surface area contributed by atoms with Gasteiger partial charge in [0.1, 0.15) is 0 Å². The van der Waals surface area contributed by atoms with Crippen molar-refractivity contribution in [2.45, 2.75) is 0 Å². The second kappa shape index (κ2) is 4.35. The molecule has 1 heterocycles. The lowest BCUT2D eigenvalue weighted by molar-refractivity contribution is 1.94. The number of thiocarbonyl (C=S) groups is 2. The predicted octanol–water partition coefficient (Wildman–Crippen LogP) is 2.97. The van der Waals surface area contributed by atoms with Gasteiger partial charge in [-0.05, 0) is 46.6 Å². The van der Waals surface area contributed by atoms with Crippen molar-refractivity contribution >= 4 is 58.0 Å². The molecule has 0 bridgehead atoms. The van der Waals surface area contributed by atoms with Crippen molar-refractivity contribution in [2.75, 3.05) is 0 Å². The summed E-state index contributed by atoms with van der Waals surface area (Å²) in [7, 11) is 0. The molecule has 0 radical (unpaired) electrons. The van der Waals surface area contributed by atoms with Gasteiger partial charge >= 0.3 is 0 Å². The van der Waals surface area contributed by atoms with E-state index in [1.807, 2.05) is 12.1 Å². The van der Waals surface area contributed by atoms with Crippen LogP contribution in [0.3, 0.4) is 0 Å². The van der Waals surface area contributed by atoms with Gasteiger partial charge in [-0.2, -0.15) is 0 Å². The lowest BCUT2D eigenvalue weighted by Gasteiger charge is -1.76. The number of thiophene rings is 1. The first-order valence-electron chi connectivity index (χ1n) is 2.88. The molecule has 54 valence electrons. The molecule has 1 rings (SSSR count). The van der Waals surface area contributed by atoms with Crippen LogP contribution >= 0.6 is 35.8 Å². The third-order valence-corrected chi connectivity index (χ3v) is 2.26. The third kappa shape index (κ3) is 2.51. The van der Waals surface area contributed by atoms with E-state index in [0.717, 1.165) is 9.75 Å². The Morgan fingerprint density at radius 1 is 1.09 bits per heavy atom. The molecule has 0 spiro atoms. The molecule has 1 aromatic heterocycles. The molecular weight excluding hydrogens is 192 g/mol. The Balaban J connectivity index is 2.98. The molecule has 0 aliphatic rings. The highest BCUT2D eigenvalue weighted by Crippen LogP contribution is 2.17. The third-order valence-electron chi connectivity index (χ3n) is 1.05. The molecule has 0 saturated carbocycles. The minimum Gasteiger partial charge on any atom is -0.135 e. The topological polar surface area (TPSA) is 0 Å². The molecule has 0 unspecified atom stereocenters. The van der Waals surface area contributed by atoms with Crippen LogP contribution in [0.25, 0.3) is 12.2 Å². The molecule has 0 aromatic carbocycles. The largest absolute Gasteiger partial charge is 0.135 e. The lowest BCUT2D eigenvalue weighted by Crippen LogP contribution is -1.52. The van der Waals surface area contributed by atoms with E-state index in [9.17, 15) is 0 Å². The molecular formula is C8H4S3. The van der Waals surface area contributed by atoms with Gasteiger partial charge in [0.25, 0.3) is 0 Å². The van der Waals surface area contributed by atoms with Gasteiger partial charge in [-0.15, -0.1) is 11.3 Å². The maximum absolute atomic E-state index is 4.56. The minimum absolute atomic E-state index is 1.09. The molecule has 0 atom stereocenters. The standard InChI is InChI=1S/C8H4S3/c9-5-3-7-1-2-8(11-7)4-6-10/h1-4H. The number of rotatable bonds is 2. The van der Waals surface area contributed by atoms with Gasteiger partial charge in [0.05, 0.1) is 0 Å². The molecule has 0 saturated heterocycles. The summed E-state index contributed by atoms with van der Waals surface area (Å²) < 4.78 is 0. The van der Waals surface area contributed by atoms with Gasteiger partial charge in [0, 0.05) is 21.9 Å². The smallest absolute Gasteiger partial charge is 0.0362 e. The average Bonchev–Trinajstić information content (AvgIpc) is 2.38. The van der Waals surface area contributed by atoms with Gasteiger partial charge < -0.3 is 0 Å². The first-order chi connectivity index (χ1) is 5.36. The second-order valence-corrected chi connectivity index (χ2v) is 3.38. The SMILES string of the molecule is S=C=Cc1ccc(C=C=S)s1. The van der Waals surface area contributed by atoms with Gasteiger partial charge in [-0.1, -0.05) is 0 Å². The maximum atomic E-state index is 4.56. The summed E-state index contributed by atoms with van der Waals surface area (Å²) in [6.07, 6.45) is 3.53. The van der Waals surface area contributed by atoms with Crippen molar-refractivity contribution in [1.29, 1.82) is 0 Å². The zero-order valence-corrected chi connectivity index (χ0v) is 7.98. The molecule has 0 fully saturated rings. The van der Waals surface area contributed by atoms with E-state index in [2.05, 4.69) is 34.5 Å². The second-order valence-electron chi connectivity index (χ2n) is 1.76. The molecule has 3 heteroatoms. The Labute approximate surface area is 79.9 Å². The van der Waals surface area contributed by atoms with E-state index in [-0.39, 0.29) is 0 Å². The monoisotopic (exact) mass is 196 g/mol. The highest BCUT2D eigenvalue weighted by molar-refractivity contribution is 7.78. The Morgan fingerprint density at radius 2 is 1.55 bits per heavy atom. The molecule has 0 amide bonds. The van der Waals surface area contributed by atoms with Crippen LogP contribution in [0.15, 0.2) is 12.1 Å². The Hall–Kier alpha value is -0.560. The average molecular weight is 196 g/mol. The predicted molar refractivity (Wildman–Crippen MR) is 58.4 cm³/mol. The van der Waals surface area contributed by atoms with E-state index in [0.29, 0.717) is 0 Å². The summed E-state index contributed by atoms with van der Waals surface area (Å²) >= 11 is 10.7. The van der Waals surface area contributed by atoms with E-state index >= 15 is 0 Å². The van der Waals surface area contributed by atoms with E-state index in [4.69, 9.17) is 0 Å². The zero-order chi connectivity index (χ0) is 8.10. The van der Waals surface area contributed by atoms with Crippen LogP contribution in [0.5, 0.6) is 0 Å². The van der Waals surface area contributed by atoms with Crippen molar-refractivity contribution in [3.8, 4) is 0 Å². The van der Waals surface area contributed by atoms with Gasteiger partial charge in [0.15, 0.2) is 0 Å². The van der Waals surface area contributed by atoms with Gasteiger partial charge in [-0.3, -0.25) is 0 Å². The van der Waals surface area contributed by atoms with Crippen LogP contribution in [0, 0.1) is 0 Å². The Morgan fingerprint density at radius 3 is 1.91 bits per heavy atom. The fourth-order valence-corrected chi connectivity index (χ4v) is 1.82. The minimum atomic E-state index is 1.09. The van der Waals surface area contributed by atoms with E-state index in [1.165, 1.54) is 0 Å². The van der Waals surface area contributed by atoms with Crippen molar-refractivity contribution < 1.29 is 0 Å². The first kappa shape index (κ1) is 8.54. The normalized spacial score (nSPS) is 8.00. The lowest BCUT2D eigenvalue weighted by atomic mass is 10.4. The zero-order valence-electron chi connectivity index (χ0n) is 5.53. The van der Waals surface area contributed by atoms with Crippen LogP contribution in [0.4, 0.5) is 0 Å². The Bertz CT molecular complexity index is 303. The van der Waals surface area contributed by atoms with Crippen LogP contribution in [-0.4, -0.2) is 10.0 Å². The van der Waals surface area contributed by atoms with E-state index < -0.39 is 0 Å². The molecule has 1 aromatic rings. The number of hydrogen-bond donors (Lipinski definition) is 0. The molecule has 0 aliphatic carbocycles. The summed E-state index contributed by atoms with van der Waals surface area (Å²) in [5, 5.41) is 5.10. The summed E-state index contributed by atoms with van der Waals surface area (Å²) in [5.74, 6) is 0. The van der Waals surface area contributed by atoms with Crippen molar-refractivity contribution in [2.24, 2.45) is 0 Å². The molecule has 0 aliphatic heterocycles. The van der Waals surface area contributed by atoms with Crippen LogP contribution in [0.2, 0.25) is 0 Å². The fraction of sp³-hybridized carbons (Fsp3) is 0. The van der Waals surface area contributed by atoms with Crippen LogP contribution in [0.1, 0.15) is 9.75 Å². The van der Waals surface area contributed by atoms with Crippen LogP contribution in [-0.2, 0) is 0 Å². The van der Waals surface area contributed by atoms with Gasteiger partial charge in [0.2, 0.25) is 0 Å². The van der Waals surface area contributed by atoms with E-state index in [1.54, 1.807) is 23.5 Å². The van der Waals surface area contributed by atoms with Crippen molar-refractivity contribution in [1.82, 2.24) is 0 Å². The summed E-state index contributed by atoms with van der Waals surface area (Å²) in [4.78, 5) is 2.19. The molecule has 0 nitrogen and oxygen atoms in total. The van der Waals surface area contributed by atoms with Crippen LogP contribution < -0.4 is 0 Å². The number of hydrogen-bond acceptors (Lipinski definition) is 3. The summed E-state index contributed by atoms with van der Waals surface area (Å²) in [6.45, 7) is 0. The Kier molecular flexibility index (Phi) is 3.37. The quantitative estimate of drug-likeness (QED) is 0.667. The highest BCUT2D eigenvalue weighted by atomic mass is 32.1. The first-order valence-corrected chi connectivity index (χ1v) is 4.51. The van der Waals surface area contributed by atoms with Crippen molar-refractivity contribution in [3.63, 3.8) is 0 Å². The highest BCUT2D eigenvalue weighted by Gasteiger charge is 1.91. The molecule has 11 heavy (non-hydrogen) atoms.